The van der Waals surface area contributed by atoms with Crippen LogP contribution < -0.4 is 10.5 Å². The van der Waals surface area contributed by atoms with Gasteiger partial charge in [0.2, 0.25) is 0 Å². The third kappa shape index (κ3) is 4.11. The average Bonchev–Trinajstić information content (AvgIpc) is 2.45. The quantitative estimate of drug-likeness (QED) is 0.890. The van der Waals surface area contributed by atoms with E-state index in [2.05, 4.69) is 0 Å². The van der Waals surface area contributed by atoms with Gasteiger partial charge in [-0.05, 0) is 18.9 Å². The SMILES string of the molecule is COc1ccc(C(N)CSC2CCCCC2)c(F)c1. The van der Waals surface area contributed by atoms with E-state index < -0.39 is 0 Å². The Labute approximate surface area is 118 Å². The molecule has 1 aliphatic carbocycles. The molecule has 0 radical (unpaired) electrons. The molecule has 0 amide bonds. The van der Waals surface area contributed by atoms with Gasteiger partial charge in [-0.25, -0.2) is 4.39 Å². The summed E-state index contributed by atoms with van der Waals surface area (Å²) in [6.07, 6.45) is 6.56. The van der Waals surface area contributed by atoms with Crippen LogP contribution in [0.3, 0.4) is 0 Å². The van der Waals surface area contributed by atoms with E-state index in [0.29, 0.717) is 16.6 Å². The smallest absolute Gasteiger partial charge is 0.131 e. The van der Waals surface area contributed by atoms with Crippen LogP contribution in [0.4, 0.5) is 4.39 Å². The highest BCUT2D eigenvalue weighted by molar-refractivity contribution is 7.99. The van der Waals surface area contributed by atoms with Crippen molar-refractivity contribution < 1.29 is 9.13 Å². The van der Waals surface area contributed by atoms with Gasteiger partial charge < -0.3 is 10.5 Å². The Morgan fingerprint density at radius 2 is 2.11 bits per heavy atom. The molecule has 0 saturated heterocycles. The number of methoxy groups -OCH3 is 1. The van der Waals surface area contributed by atoms with Crippen molar-refractivity contribution in [3.63, 3.8) is 0 Å². The predicted molar refractivity (Wildman–Crippen MR) is 79.2 cm³/mol. The topological polar surface area (TPSA) is 35.2 Å². The third-order valence-electron chi connectivity index (χ3n) is 3.67. The van der Waals surface area contributed by atoms with Gasteiger partial charge in [0.25, 0.3) is 0 Å². The number of thioether (sulfide) groups is 1. The Kier molecular flexibility index (Phi) is 5.52. The maximum atomic E-state index is 13.9. The summed E-state index contributed by atoms with van der Waals surface area (Å²) in [5, 5.41) is 0.709. The van der Waals surface area contributed by atoms with Gasteiger partial charge >= 0.3 is 0 Å². The summed E-state index contributed by atoms with van der Waals surface area (Å²) in [4.78, 5) is 0. The lowest BCUT2D eigenvalue weighted by molar-refractivity contribution is 0.410. The van der Waals surface area contributed by atoms with Crippen molar-refractivity contribution >= 4 is 11.8 Å². The van der Waals surface area contributed by atoms with Crippen LogP contribution >= 0.6 is 11.8 Å². The summed E-state index contributed by atoms with van der Waals surface area (Å²) in [6, 6.07) is 4.67. The molecule has 2 N–H and O–H groups in total. The Bertz CT molecular complexity index is 407. The molecule has 106 valence electrons. The van der Waals surface area contributed by atoms with Crippen molar-refractivity contribution in [2.24, 2.45) is 5.73 Å². The van der Waals surface area contributed by atoms with Crippen LogP contribution in [-0.4, -0.2) is 18.1 Å². The highest BCUT2D eigenvalue weighted by Gasteiger charge is 2.17. The average molecular weight is 283 g/mol. The molecule has 1 aromatic rings. The van der Waals surface area contributed by atoms with Gasteiger partial charge in [0, 0.05) is 28.7 Å². The Balaban J connectivity index is 1.89. The van der Waals surface area contributed by atoms with Crippen LogP contribution in [0.25, 0.3) is 0 Å². The molecule has 19 heavy (non-hydrogen) atoms. The van der Waals surface area contributed by atoms with E-state index in [1.54, 1.807) is 12.1 Å². The largest absolute Gasteiger partial charge is 0.497 e. The maximum absolute atomic E-state index is 13.9. The minimum atomic E-state index is -0.268. The maximum Gasteiger partial charge on any atom is 0.131 e. The summed E-state index contributed by atoms with van der Waals surface area (Å²) >= 11 is 1.90. The van der Waals surface area contributed by atoms with Gasteiger partial charge in [-0.2, -0.15) is 11.8 Å². The molecule has 2 rings (SSSR count). The summed E-state index contributed by atoms with van der Waals surface area (Å²) in [7, 11) is 1.54. The fourth-order valence-electron chi connectivity index (χ4n) is 2.50. The van der Waals surface area contributed by atoms with Gasteiger partial charge in [0.15, 0.2) is 0 Å². The van der Waals surface area contributed by atoms with E-state index in [1.165, 1.54) is 45.3 Å². The fraction of sp³-hybridized carbons (Fsp3) is 0.600. The summed E-state index contributed by atoms with van der Waals surface area (Å²) in [6.45, 7) is 0. The molecule has 0 aliphatic heterocycles. The van der Waals surface area contributed by atoms with E-state index in [-0.39, 0.29) is 11.9 Å². The van der Waals surface area contributed by atoms with Gasteiger partial charge in [0.1, 0.15) is 11.6 Å². The number of halogens is 1. The summed E-state index contributed by atoms with van der Waals surface area (Å²) in [5.41, 5.74) is 6.69. The number of ether oxygens (including phenoxy) is 1. The van der Waals surface area contributed by atoms with Gasteiger partial charge in [-0.15, -0.1) is 0 Å². The number of benzene rings is 1. The van der Waals surface area contributed by atoms with Crippen molar-refractivity contribution in [1.29, 1.82) is 0 Å². The molecule has 2 nitrogen and oxygen atoms in total. The lowest BCUT2D eigenvalue weighted by atomic mass is 10.0. The van der Waals surface area contributed by atoms with Crippen LogP contribution in [0.2, 0.25) is 0 Å². The molecular weight excluding hydrogens is 261 g/mol. The first kappa shape index (κ1) is 14.7. The number of hydrogen-bond donors (Lipinski definition) is 1. The van der Waals surface area contributed by atoms with Crippen LogP contribution in [0.1, 0.15) is 43.7 Å². The van der Waals surface area contributed by atoms with Crippen molar-refractivity contribution in [3.8, 4) is 5.75 Å². The first-order valence-electron chi connectivity index (χ1n) is 6.91. The molecule has 0 heterocycles. The van der Waals surface area contributed by atoms with Crippen LogP contribution in [-0.2, 0) is 0 Å². The number of nitrogens with two attached hydrogens (primary N) is 1. The monoisotopic (exact) mass is 283 g/mol. The van der Waals surface area contributed by atoms with Crippen LogP contribution in [0.15, 0.2) is 18.2 Å². The van der Waals surface area contributed by atoms with Crippen molar-refractivity contribution in [1.82, 2.24) is 0 Å². The van der Waals surface area contributed by atoms with E-state index in [4.69, 9.17) is 10.5 Å². The molecule has 1 aliphatic rings. The van der Waals surface area contributed by atoms with Crippen LogP contribution in [0.5, 0.6) is 5.75 Å². The normalized spacial score (nSPS) is 18.3. The minimum absolute atomic E-state index is 0.238. The molecule has 1 fully saturated rings. The van der Waals surface area contributed by atoms with Crippen molar-refractivity contribution in [2.45, 2.75) is 43.4 Å². The van der Waals surface area contributed by atoms with E-state index in [0.717, 1.165) is 5.75 Å². The van der Waals surface area contributed by atoms with E-state index >= 15 is 0 Å². The highest BCUT2D eigenvalue weighted by atomic mass is 32.2. The first-order chi connectivity index (χ1) is 9.20. The highest BCUT2D eigenvalue weighted by Crippen LogP contribution is 2.31. The molecule has 0 bridgehead atoms. The Morgan fingerprint density at radius 3 is 2.74 bits per heavy atom. The lowest BCUT2D eigenvalue weighted by Crippen LogP contribution is -2.18. The molecule has 0 spiro atoms. The molecular formula is C15H22FNOS. The molecule has 1 unspecified atom stereocenters. The zero-order valence-corrected chi connectivity index (χ0v) is 12.2. The third-order valence-corrected chi connectivity index (χ3v) is 5.17. The molecule has 1 atom stereocenters. The second-order valence-electron chi connectivity index (χ2n) is 5.09. The minimum Gasteiger partial charge on any atom is -0.497 e. The number of rotatable bonds is 5. The van der Waals surface area contributed by atoms with Gasteiger partial charge in [-0.1, -0.05) is 25.3 Å². The van der Waals surface area contributed by atoms with Gasteiger partial charge in [-0.3, -0.25) is 0 Å². The van der Waals surface area contributed by atoms with Gasteiger partial charge in [0.05, 0.1) is 7.11 Å². The van der Waals surface area contributed by atoms with Crippen LogP contribution in [0, 0.1) is 5.82 Å². The molecule has 1 saturated carbocycles. The Morgan fingerprint density at radius 1 is 1.37 bits per heavy atom. The zero-order chi connectivity index (χ0) is 13.7. The van der Waals surface area contributed by atoms with Crippen molar-refractivity contribution in [3.05, 3.63) is 29.6 Å². The molecule has 1 aromatic carbocycles. The van der Waals surface area contributed by atoms with Crippen molar-refractivity contribution in [2.75, 3.05) is 12.9 Å². The molecule has 4 heteroatoms. The standard InChI is InChI=1S/C15H22FNOS/c1-18-11-7-8-13(14(16)9-11)15(17)10-19-12-5-3-2-4-6-12/h7-9,12,15H,2-6,10,17H2,1H3. The van der Waals surface area contributed by atoms with E-state index in [9.17, 15) is 4.39 Å². The number of hydrogen-bond acceptors (Lipinski definition) is 3. The summed E-state index contributed by atoms with van der Waals surface area (Å²) < 4.78 is 18.9. The van der Waals surface area contributed by atoms with E-state index in [1.807, 2.05) is 11.8 Å². The first-order valence-corrected chi connectivity index (χ1v) is 7.96. The fourth-order valence-corrected chi connectivity index (χ4v) is 3.82. The predicted octanol–water partition coefficient (Wildman–Crippen LogP) is 3.90. The second-order valence-corrected chi connectivity index (χ2v) is 6.42. The zero-order valence-electron chi connectivity index (χ0n) is 11.4. The molecule has 0 aromatic heterocycles. The Hall–Kier alpha value is -0.740. The summed E-state index contributed by atoms with van der Waals surface area (Å²) in [5.74, 6) is 1.05. The lowest BCUT2D eigenvalue weighted by Gasteiger charge is -2.23. The second kappa shape index (κ2) is 7.15.